The number of benzene rings is 2. The minimum Gasteiger partial charge on any atom is -0.507 e. The van der Waals surface area contributed by atoms with Crippen LogP contribution in [-0.4, -0.2) is 23.0 Å². The van der Waals surface area contributed by atoms with Crippen LogP contribution in [0.3, 0.4) is 0 Å². The SMILES string of the molecule is C[C@H]1CCCC(=O)CCC/C=C/c2cc(OCc3ccccc3F)cc(O)c2C(=O)O1. The standard InChI is InChI=1S/C25H27FO5/c1-17-8-7-12-20(27)11-4-2-3-9-18-14-21(15-23(28)24(18)25(29)31-17)30-16-19-10-5-6-13-22(19)26/h3,5-6,9-10,13-15,17,28H,2,4,7-8,11-12,16H2,1H3/b9-3+/t17-/m0/s1. The second-order valence-corrected chi connectivity index (χ2v) is 7.73. The fourth-order valence-corrected chi connectivity index (χ4v) is 3.48. The number of ether oxygens (including phenoxy) is 2. The second-order valence-electron chi connectivity index (χ2n) is 7.73. The maximum absolute atomic E-state index is 13.9. The van der Waals surface area contributed by atoms with Crippen LogP contribution in [0.15, 0.2) is 42.5 Å². The molecule has 0 radical (unpaired) electrons. The Morgan fingerprint density at radius 2 is 1.94 bits per heavy atom. The van der Waals surface area contributed by atoms with E-state index in [0.29, 0.717) is 49.0 Å². The van der Waals surface area contributed by atoms with Gasteiger partial charge in [0.25, 0.3) is 0 Å². The zero-order valence-electron chi connectivity index (χ0n) is 17.6. The lowest BCUT2D eigenvalue weighted by Gasteiger charge is -2.16. The molecule has 164 valence electrons. The molecule has 1 N–H and O–H groups in total. The molecule has 31 heavy (non-hydrogen) atoms. The van der Waals surface area contributed by atoms with Crippen LogP contribution in [0.5, 0.6) is 11.5 Å². The lowest BCUT2D eigenvalue weighted by Crippen LogP contribution is -2.17. The molecule has 1 atom stereocenters. The molecule has 2 aromatic carbocycles. The lowest BCUT2D eigenvalue weighted by molar-refractivity contribution is -0.119. The molecule has 0 saturated carbocycles. The number of Topliss-reactive ketones (excluding diaryl/α,β-unsaturated/α-hetero) is 1. The molecule has 1 aliphatic rings. The summed E-state index contributed by atoms with van der Waals surface area (Å²) in [7, 11) is 0. The first-order valence-electron chi connectivity index (χ1n) is 10.6. The fourth-order valence-electron chi connectivity index (χ4n) is 3.48. The smallest absolute Gasteiger partial charge is 0.342 e. The number of rotatable bonds is 3. The summed E-state index contributed by atoms with van der Waals surface area (Å²) in [5.74, 6) is -0.747. The number of halogens is 1. The van der Waals surface area contributed by atoms with Crippen LogP contribution in [0.25, 0.3) is 6.08 Å². The Bertz CT molecular complexity index is 966. The van der Waals surface area contributed by atoms with E-state index in [0.717, 1.165) is 6.42 Å². The van der Waals surface area contributed by atoms with E-state index in [4.69, 9.17) is 9.47 Å². The first kappa shape index (κ1) is 22.5. The van der Waals surface area contributed by atoms with Gasteiger partial charge in [-0.05, 0) is 50.3 Å². The van der Waals surface area contributed by atoms with Gasteiger partial charge in [0.2, 0.25) is 0 Å². The summed E-state index contributed by atoms with van der Waals surface area (Å²) in [6, 6.07) is 9.24. The lowest BCUT2D eigenvalue weighted by atomic mass is 10.0. The van der Waals surface area contributed by atoms with Crippen molar-refractivity contribution in [3.63, 3.8) is 0 Å². The number of fused-ring (bicyclic) bond motifs is 1. The molecule has 0 amide bonds. The van der Waals surface area contributed by atoms with Gasteiger partial charge < -0.3 is 14.6 Å². The summed E-state index contributed by atoms with van der Waals surface area (Å²) in [5.41, 5.74) is 0.897. The zero-order chi connectivity index (χ0) is 22.2. The topological polar surface area (TPSA) is 72.8 Å². The summed E-state index contributed by atoms with van der Waals surface area (Å²) < 4.78 is 25.0. The summed E-state index contributed by atoms with van der Waals surface area (Å²) in [6.45, 7) is 1.75. The zero-order valence-corrected chi connectivity index (χ0v) is 17.6. The van der Waals surface area contributed by atoms with E-state index in [-0.39, 0.29) is 35.6 Å². The maximum atomic E-state index is 13.9. The van der Waals surface area contributed by atoms with Crippen LogP contribution >= 0.6 is 0 Å². The molecule has 0 aliphatic carbocycles. The van der Waals surface area contributed by atoms with Crippen molar-refractivity contribution in [3.05, 3.63) is 65.0 Å². The molecule has 5 nitrogen and oxygen atoms in total. The Hall–Kier alpha value is -3.15. The third-order valence-corrected chi connectivity index (χ3v) is 5.18. The molecule has 6 heteroatoms. The Labute approximate surface area is 181 Å². The van der Waals surface area contributed by atoms with E-state index in [2.05, 4.69) is 0 Å². The molecule has 0 aromatic heterocycles. The number of aromatic hydroxyl groups is 1. The fraction of sp³-hybridized carbons (Fsp3) is 0.360. The van der Waals surface area contributed by atoms with Gasteiger partial charge in [-0.2, -0.15) is 0 Å². The van der Waals surface area contributed by atoms with E-state index >= 15 is 0 Å². The molecule has 0 spiro atoms. The number of hydrogen-bond acceptors (Lipinski definition) is 5. The van der Waals surface area contributed by atoms with E-state index in [9.17, 15) is 19.1 Å². The molecule has 2 aromatic rings. The normalized spacial score (nSPS) is 19.1. The minimum atomic E-state index is -0.631. The number of ketones is 1. The third-order valence-electron chi connectivity index (χ3n) is 5.18. The van der Waals surface area contributed by atoms with Crippen molar-refractivity contribution in [1.82, 2.24) is 0 Å². The number of phenolic OH excluding ortho intramolecular Hbond substituents is 1. The highest BCUT2D eigenvalue weighted by atomic mass is 19.1. The van der Waals surface area contributed by atoms with Crippen LogP contribution in [0.1, 0.15) is 66.9 Å². The van der Waals surface area contributed by atoms with Gasteiger partial charge in [-0.3, -0.25) is 4.79 Å². The van der Waals surface area contributed by atoms with Gasteiger partial charge >= 0.3 is 5.97 Å². The van der Waals surface area contributed by atoms with Crippen LogP contribution in [-0.2, 0) is 16.1 Å². The molecular formula is C25H27FO5. The first-order chi connectivity index (χ1) is 14.9. The predicted molar refractivity (Wildman–Crippen MR) is 115 cm³/mol. The highest BCUT2D eigenvalue weighted by Gasteiger charge is 2.21. The Balaban J connectivity index is 1.86. The monoisotopic (exact) mass is 426 g/mol. The van der Waals surface area contributed by atoms with Crippen LogP contribution in [0, 0.1) is 5.82 Å². The molecule has 3 rings (SSSR count). The molecule has 1 heterocycles. The molecule has 1 aliphatic heterocycles. The van der Waals surface area contributed by atoms with Gasteiger partial charge in [0.15, 0.2) is 0 Å². The summed E-state index contributed by atoms with van der Waals surface area (Å²) >= 11 is 0. The van der Waals surface area contributed by atoms with E-state index in [1.165, 1.54) is 12.1 Å². The minimum absolute atomic E-state index is 0.0157. The highest BCUT2D eigenvalue weighted by Crippen LogP contribution is 2.31. The Morgan fingerprint density at radius 1 is 1.16 bits per heavy atom. The van der Waals surface area contributed by atoms with Gasteiger partial charge in [0.1, 0.15) is 35.3 Å². The van der Waals surface area contributed by atoms with Crippen LogP contribution < -0.4 is 4.74 Å². The molecule has 0 bridgehead atoms. The van der Waals surface area contributed by atoms with Crippen molar-refractivity contribution in [2.45, 2.75) is 58.2 Å². The summed E-state index contributed by atoms with van der Waals surface area (Å²) in [6.07, 6.45) is 6.81. The number of carbonyl (C=O) groups is 2. The van der Waals surface area contributed by atoms with Crippen molar-refractivity contribution in [1.29, 1.82) is 0 Å². The number of esters is 1. The highest BCUT2D eigenvalue weighted by molar-refractivity contribution is 5.97. The van der Waals surface area contributed by atoms with Crippen molar-refractivity contribution >= 4 is 17.8 Å². The van der Waals surface area contributed by atoms with Gasteiger partial charge in [-0.25, -0.2) is 9.18 Å². The van der Waals surface area contributed by atoms with Crippen LogP contribution in [0.4, 0.5) is 4.39 Å². The molecule has 0 fully saturated rings. The molecular weight excluding hydrogens is 399 g/mol. The Morgan fingerprint density at radius 3 is 2.74 bits per heavy atom. The number of allylic oxidation sites excluding steroid dienone is 1. The number of hydrogen-bond donors (Lipinski definition) is 1. The average Bonchev–Trinajstić information content (AvgIpc) is 2.72. The predicted octanol–water partition coefficient (Wildman–Crippen LogP) is 5.59. The summed E-state index contributed by atoms with van der Waals surface area (Å²) in [5, 5.41) is 10.6. The van der Waals surface area contributed by atoms with Gasteiger partial charge in [0.05, 0.1) is 6.10 Å². The number of cyclic esters (lactones) is 1. The molecule has 0 saturated heterocycles. The van der Waals surface area contributed by atoms with Crippen molar-refractivity contribution < 1.29 is 28.6 Å². The van der Waals surface area contributed by atoms with Crippen molar-refractivity contribution in [2.24, 2.45) is 0 Å². The first-order valence-corrected chi connectivity index (χ1v) is 10.6. The Kier molecular flexibility index (Phi) is 7.82. The van der Waals surface area contributed by atoms with Crippen molar-refractivity contribution in [3.8, 4) is 11.5 Å². The number of carbonyl (C=O) groups excluding carboxylic acids is 2. The van der Waals surface area contributed by atoms with E-state index in [1.54, 1.807) is 37.3 Å². The van der Waals surface area contributed by atoms with Crippen LogP contribution in [0.2, 0.25) is 0 Å². The third kappa shape index (κ3) is 6.41. The van der Waals surface area contributed by atoms with E-state index < -0.39 is 5.97 Å². The molecule has 0 unspecified atom stereocenters. The largest absolute Gasteiger partial charge is 0.507 e. The second kappa shape index (κ2) is 10.8. The van der Waals surface area contributed by atoms with Gasteiger partial charge in [-0.15, -0.1) is 0 Å². The van der Waals surface area contributed by atoms with Gasteiger partial charge in [0, 0.05) is 24.5 Å². The summed E-state index contributed by atoms with van der Waals surface area (Å²) in [4.78, 5) is 24.6. The number of phenols is 1. The van der Waals surface area contributed by atoms with E-state index in [1.807, 2.05) is 6.08 Å². The maximum Gasteiger partial charge on any atom is 0.342 e. The average molecular weight is 426 g/mol. The van der Waals surface area contributed by atoms with Gasteiger partial charge in [-0.1, -0.05) is 30.4 Å². The quantitative estimate of drug-likeness (QED) is 0.648. The van der Waals surface area contributed by atoms with Crippen molar-refractivity contribution in [2.75, 3.05) is 0 Å².